The number of nitrogens with zero attached hydrogens (tertiary/aromatic N) is 1. The number of methoxy groups -OCH3 is 1. The van der Waals surface area contributed by atoms with Crippen molar-refractivity contribution in [3.8, 4) is 0 Å². The maximum atomic E-state index is 13.7. The molecule has 21 heavy (non-hydrogen) atoms. The molecule has 0 aromatic heterocycles. The van der Waals surface area contributed by atoms with Crippen LogP contribution in [0.5, 0.6) is 0 Å². The molecule has 1 aromatic rings. The minimum atomic E-state index is -0.964. The molecule has 6 nitrogen and oxygen atoms in total. The highest BCUT2D eigenvalue weighted by atomic mass is 19.1. The van der Waals surface area contributed by atoms with Crippen LogP contribution in [0.25, 0.3) is 0 Å². The lowest BCUT2D eigenvalue weighted by atomic mass is 10.1. The molecule has 2 rings (SSSR count). The van der Waals surface area contributed by atoms with E-state index in [0.29, 0.717) is 18.4 Å². The normalized spacial score (nSPS) is 15.4. The van der Waals surface area contributed by atoms with Crippen molar-refractivity contribution in [3.63, 3.8) is 0 Å². The van der Waals surface area contributed by atoms with Gasteiger partial charge in [-0.15, -0.1) is 0 Å². The fraction of sp³-hybridized carbons (Fsp3) is 0.500. The van der Waals surface area contributed by atoms with Crippen molar-refractivity contribution in [1.29, 1.82) is 0 Å². The van der Waals surface area contributed by atoms with Gasteiger partial charge in [-0.2, -0.15) is 0 Å². The average molecular weight is 296 g/mol. The van der Waals surface area contributed by atoms with Crippen molar-refractivity contribution in [2.45, 2.75) is 19.8 Å². The molecule has 1 N–H and O–H groups in total. The van der Waals surface area contributed by atoms with E-state index in [0.717, 1.165) is 19.2 Å². The number of hydrogen-bond donors (Lipinski definition) is 1. The maximum absolute atomic E-state index is 13.7. The lowest BCUT2D eigenvalue weighted by Gasteiger charge is -2.13. The Balaban J connectivity index is 2.26. The van der Waals surface area contributed by atoms with Gasteiger partial charge in [0.2, 0.25) is 0 Å². The zero-order chi connectivity index (χ0) is 15.6. The van der Waals surface area contributed by atoms with Crippen LogP contribution >= 0.6 is 0 Å². The lowest BCUT2D eigenvalue weighted by Crippen LogP contribution is -2.15. The van der Waals surface area contributed by atoms with Crippen LogP contribution in [-0.4, -0.2) is 24.5 Å². The third kappa shape index (κ3) is 3.48. The summed E-state index contributed by atoms with van der Waals surface area (Å²) in [5.41, 5.74) is -0.567. The molecule has 7 heteroatoms. The highest BCUT2D eigenvalue weighted by molar-refractivity contribution is 5.91. The Bertz CT molecular complexity index is 572. The first-order valence-corrected chi connectivity index (χ1v) is 6.74. The second-order valence-corrected chi connectivity index (χ2v) is 5.29. The van der Waals surface area contributed by atoms with Gasteiger partial charge in [-0.1, -0.05) is 6.92 Å². The van der Waals surface area contributed by atoms with Crippen molar-refractivity contribution in [2.75, 3.05) is 19.0 Å². The Hall–Kier alpha value is -2.18. The molecule has 0 aliphatic heterocycles. The molecule has 1 aliphatic carbocycles. The number of anilines is 1. The van der Waals surface area contributed by atoms with Crippen LogP contribution in [0.15, 0.2) is 12.1 Å². The van der Waals surface area contributed by atoms with Gasteiger partial charge in [0, 0.05) is 6.54 Å². The van der Waals surface area contributed by atoms with Crippen molar-refractivity contribution in [2.24, 2.45) is 11.8 Å². The van der Waals surface area contributed by atoms with Crippen LogP contribution in [0.3, 0.4) is 0 Å². The Kier molecular flexibility index (Phi) is 4.40. The molecule has 1 unspecified atom stereocenters. The second-order valence-electron chi connectivity index (χ2n) is 5.29. The fourth-order valence-corrected chi connectivity index (χ4v) is 2.22. The Morgan fingerprint density at radius 3 is 2.76 bits per heavy atom. The number of halogens is 1. The molecule has 1 aromatic carbocycles. The highest BCUT2D eigenvalue weighted by Gasteiger charge is 2.28. The lowest BCUT2D eigenvalue weighted by molar-refractivity contribution is -0.384. The first kappa shape index (κ1) is 15.2. The van der Waals surface area contributed by atoms with Crippen LogP contribution in [0.1, 0.15) is 30.1 Å². The second kappa shape index (κ2) is 6.07. The van der Waals surface area contributed by atoms with Gasteiger partial charge in [0.15, 0.2) is 0 Å². The summed E-state index contributed by atoms with van der Waals surface area (Å²) in [5.74, 6) is -0.816. The molecule has 0 bridgehead atoms. The molecule has 0 radical (unpaired) electrons. The molecular weight excluding hydrogens is 279 g/mol. The van der Waals surface area contributed by atoms with Crippen LogP contribution in [0, 0.1) is 27.8 Å². The van der Waals surface area contributed by atoms with Gasteiger partial charge in [0.1, 0.15) is 11.5 Å². The summed E-state index contributed by atoms with van der Waals surface area (Å²) in [6.45, 7) is 2.60. The van der Waals surface area contributed by atoms with Crippen molar-refractivity contribution in [3.05, 3.63) is 33.6 Å². The molecule has 114 valence electrons. The molecule has 1 fully saturated rings. The smallest absolute Gasteiger partial charge is 0.340 e. The first-order chi connectivity index (χ1) is 9.93. The number of nitro benzene ring substituents is 1. The Labute approximate surface area is 121 Å². The molecular formula is C14H17FN2O4. The van der Waals surface area contributed by atoms with Crippen LogP contribution < -0.4 is 5.32 Å². The summed E-state index contributed by atoms with van der Waals surface area (Å²) in [6, 6.07) is 1.88. The van der Waals surface area contributed by atoms with E-state index < -0.39 is 16.7 Å². The fourth-order valence-electron chi connectivity index (χ4n) is 2.22. The quantitative estimate of drug-likeness (QED) is 0.496. The van der Waals surface area contributed by atoms with Crippen LogP contribution in [0.2, 0.25) is 0 Å². The van der Waals surface area contributed by atoms with Crippen molar-refractivity contribution >= 4 is 17.3 Å². The predicted octanol–water partition coefficient (Wildman–Crippen LogP) is 2.98. The number of rotatable bonds is 6. The van der Waals surface area contributed by atoms with E-state index in [1.54, 1.807) is 0 Å². The van der Waals surface area contributed by atoms with Crippen LogP contribution in [-0.2, 0) is 4.74 Å². The van der Waals surface area contributed by atoms with E-state index in [1.807, 2.05) is 0 Å². The predicted molar refractivity (Wildman–Crippen MR) is 74.8 cm³/mol. The zero-order valence-corrected chi connectivity index (χ0v) is 11.9. The van der Waals surface area contributed by atoms with Gasteiger partial charge < -0.3 is 10.1 Å². The van der Waals surface area contributed by atoms with E-state index in [1.165, 1.54) is 12.8 Å². The minimum absolute atomic E-state index is 0.134. The Morgan fingerprint density at radius 2 is 2.24 bits per heavy atom. The molecule has 0 amide bonds. The summed E-state index contributed by atoms with van der Waals surface area (Å²) < 4.78 is 18.2. The number of esters is 1. The molecule has 1 atom stereocenters. The van der Waals surface area contributed by atoms with E-state index in [-0.39, 0.29) is 16.9 Å². The SMILES string of the molecule is COC(=O)c1cc(NCC(C)C2CC2)c([N+](=O)[O-])cc1F. The van der Waals surface area contributed by atoms with Crippen molar-refractivity contribution in [1.82, 2.24) is 0 Å². The molecule has 1 aliphatic rings. The van der Waals surface area contributed by atoms with Gasteiger partial charge in [-0.25, -0.2) is 9.18 Å². The third-order valence-electron chi connectivity index (χ3n) is 3.73. The Morgan fingerprint density at radius 1 is 1.57 bits per heavy atom. The van der Waals surface area contributed by atoms with Gasteiger partial charge in [0.25, 0.3) is 5.69 Å². The van der Waals surface area contributed by atoms with E-state index in [2.05, 4.69) is 17.0 Å². The molecule has 0 heterocycles. The number of carbonyl (C=O) groups excluding carboxylic acids is 1. The van der Waals surface area contributed by atoms with E-state index in [4.69, 9.17) is 0 Å². The summed E-state index contributed by atoms with van der Waals surface area (Å²) >= 11 is 0. The van der Waals surface area contributed by atoms with Gasteiger partial charge in [-0.05, 0) is 30.7 Å². The average Bonchev–Trinajstić information content (AvgIpc) is 3.28. The van der Waals surface area contributed by atoms with Gasteiger partial charge in [-0.3, -0.25) is 10.1 Å². The summed E-state index contributed by atoms with van der Waals surface area (Å²) in [6.07, 6.45) is 2.34. The number of benzene rings is 1. The summed E-state index contributed by atoms with van der Waals surface area (Å²) in [5, 5.41) is 13.9. The number of hydrogen-bond acceptors (Lipinski definition) is 5. The number of ether oxygens (including phenoxy) is 1. The van der Waals surface area contributed by atoms with Gasteiger partial charge in [0.05, 0.1) is 23.7 Å². The number of nitro groups is 1. The first-order valence-electron chi connectivity index (χ1n) is 6.74. The van der Waals surface area contributed by atoms with E-state index in [9.17, 15) is 19.3 Å². The number of carbonyl (C=O) groups is 1. The number of nitrogens with one attached hydrogen (secondary N) is 1. The molecule has 1 saturated carbocycles. The third-order valence-corrected chi connectivity index (χ3v) is 3.73. The zero-order valence-electron chi connectivity index (χ0n) is 11.9. The van der Waals surface area contributed by atoms with E-state index >= 15 is 0 Å². The minimum Gasteiger partial charge on any atom is -0.465 e. The molecule has 0 spiro atoms. The molecule has 0 saturated heterocycles. The highest BCUT2D eigenvalue weighted by Crippen LogP contribution is 2.37. The summed E-state index contributed by atoms with van der Waals surface area (Å²) in [7, 11) is 1.13. The van der Waals surface area contributed by atoms with Crippen LogP contribution in [0.4, 0.5) is 15.8 Å². The maximum Gasteiger partial charge on any atom is 0.340 e. The van der Waals surface area contributed by atoms with Crippen molar-refractivity contribution < 1.29 is 18.8 Å². The largest absolute Gasteiger partial charge is 0.465 e. The topological polar surface area (TPSA) is 81.5 Å². The van der Waals surface area contributed by atoms with Gasteiger partial charge >= 0.3 is 5.97 Å². The summed E-state index contributed by atoms with van der Waals surface area (Å²) in [4.78, 5) is 21.8. The monoisotopic (exact) mass is 296 g/mol. The standard InChI is InChI=1S/C14H17FN2O4/c1-8(9-3-4-9)7-16-12-5-10(14(18)21-2)11(15)6-13(12)17(19)20/h5-6,8-9,16H,3-4,7H2,1-2H3.